The van der Waals surface area contributed by atoms with Crippen molar-refractivity contribution in [2.75, 3.05) is 13.2 Å². The topological polar surface area (TPSA) is 62.1 Å². The molecule has 3 rings (SSSR count). The first-order valence-corrected chi connectivity index (χ1v) is 6.85. The lowest BCUT2D eigenvalue weighted by Crippen LogP contribution is -2.55. The van der Waals surface area contributed by atoms with Crippen LogP contribution in [-0.4, -0.2) is 31.1 Å². The SMILES string of the molecule is N#Cc1cc(F)c(F)cc1C(=O)C1CC2COCC(C1)N2. The second-order valence-electron chi connectivity index (χ2n) is 5.55. The third-order valence-corrected chi connectivity index (χ3v) is 4.06. The summed E-state index contributed by atoms with van der Waals surface area (Å²) in [6.07, 6.45) is 1.17. The molecule has 4 nitrogen and oxygen atoms in total. The summed E-state index contributed by atoms with van der Waals surface area (Å²) in [7, 11) is 0. The van der Waals surface area contributed by atoms with Gasteiger partial charge in [-0.15, -0.1) is 0 Å². The van der Waals surface area contributed by atoms with Gasteiger partial charge in [-0.2, -0.15) is 5.26 Å². The van der Waals surface area contributed by atoms with Crippen LogP contribution in [0.15, 0.2) is 12.1 Å². The normalized spacial score (nSPS) is 28.0. The van der Waals surface area contributed by atoms with E-state index in [1.54, 1.807) is 6.07 Å². The van der Waals surface area contributed by atoms with Crippen LogP contribution in [0.4, 0.5) is 8.78 Å². The lowest BCUT2D eigenvalue weighted by Gasteiger charge is -2.39. The minimum absolute atomic E-state index is 0.0257. The van der Waals surface area contributed by atoms with Crippen LogP contribution in [0, 0.1) is 28.9 Å². The average molecular weight is 292 g/mol. The zero-order chi connectivity index (χ0) is 15.0. The van der Waals surface area contributed by atoms with E-state index in [2.05, 4.69) is 5.32 Å². The molecular weight excluding hydrogens is 278 g/mol. The predicted octanol–water partition coefficient (Wildman–Crippen LogP) is 1.79. The molecule has 2 heterocycles. The van der Waals surface area contributed by atoms with Crippen LogP contribution in [-0.2, 0) is 4.74 Å². The van der Waals surface area contributed by atoms with E-state index >= 15 is 0 Å². The van der Waals surface area contributed by atoms with Gasteiger partial charge in [0.15, 0.2) is 17.4 Å². The molecule has 1 aromatic carbocycles. The minimum Gasteiger partial charge on any atom is -0.378 e. The summed E-state index contributed by atoms with van der Waals surface area (Å²) in [6.45, 7) is 1.09. The number of Topliss-reactive ketones (excluding diaryl/α,β-unsaturated/α-hetero) is 1. The third-order valence-electron chi connectivity index (χ3n) is 4.06. The highest BCUT2D eigenvalue weighted by molar-refractivity contribution is 6.00. The van der Waals surface area contributed by atoms with Crippen molar-refractivity contribution in [2.24, 2.45) is 5.92 Å². The van der Waals surface area contributed by atoms with Crippen molar-refractivity contribution in [3.63, 3.8) is 0 Å². The van der Waals surface area contributed by atoms with Crippen LogP contribution >= 0.6 is 0 Å². The van der Waals surface area contributed by atoms with Crippen LogP contribution in [0.25, 0.3) is 0 Å². The smallest absolute Gasteiger partial charge is 0.167 e. The van der Waals surface area contributed by atoms with Crippen LogP contribution in [0.5, 0.6) is 0 Å². The van der Waals surface area contributed by atoms with Crippen molar-refractivity contribution >= 4 is 5.78 Å². The molecule has 21 heavy (non-hydrogen) atoms. The molecule has 1 N–H and O–H groups in total. The van der Waals surface area contributed by atoms with Gasteiger partial charge in [0.1, 0.15) is 0 Å². The van der Waals surface area contributed by atoms with E-state index in [-0.39, 0.29) is 34.9 Å². The Hall–Kier alpha value is -1.84. The highest BCUT2D eigenvalue weighted by Crippen LogP contribution is 2.28. The molecule has 0 aromatic heterocycles. The van der Waals surface area contributed by atoms with E-state index < -0.39 is 11.6 Å². The fourth-order valence-corrected chi connectivity index (χ4v) is 3.11. The number of morpholine rings is 1. The number of piperidine rings is 1. The number of nitrogens with zero attached hydrogens (tertiary/aromatic N) is 1. The molecule has 2 saturated heterocycles. The van der Waals surface area contributed by atoms with Gasteiger partial charge in [-0.05, 0) is 25.0 Å². The van der Waals surface area contributed by atoms with Crippen molar-refractivity contribution in [1.29, 1.82) is 5.26 Å². The number of halogens is 2. The molecule has 0 amide bonds. The van der Waals surface area contributed by atoms with Gasteiger partial charge in [-0.3, -0.25) is 4.79 Å². The van der Waals surface area contributed by atoms with Gasteiger partial charge in [-0.25, -0.2) is 8.78 Å². The minimum atomic E-state index is -1.11. The summed E-state index contributed by atoms with van der Waals surface area (Å²) in [5.74, 6) is -2.79. The van der Waals surface area contributed by atoms with Gasteiger partial charge >= 0.3 is 0 Å². The van der Waals surface area contributed by atoms with Crippen molar-refractivity contribution in [3.05, 3.63) is 34.9 Å². The Morgan fingerprint density at radius 3 is 2.48 bits per heavy atom. The molecule has 0 saturated carbocycles. The molecule has 0 spiro atoms. The van der Waals surface area contributed by atoms with E-state index in [4.69, 9.17) is 10.00 Å². The van der Waals surface area contributed by atoms with Crippen LogP contribution in [0.3, 0.4) is 0 Å². The number of carbonyl (C=O) groups excluding carboxylic acids is 1. The molecule has 2 fully saturated rings. The second kappa shape index (κ2) is 5.51. The molecule has 2 unspecified atom stereocenters. The Morgan fingerprint density at radius 1 is 1.24 bits per heavy atom. The zero-order valence-electron chi connectivity index (χ0n) is 11.2. The average Bonchev–Trinajstić information content (AvgIpc) is 2.48. The van der Waals surface area contributed by atoms with Crippen LogP contribution in [0.2, 0.25) is 0 Å². The Labute approximate surface area is 120 Å². The molecular formula is C15H14F2N2O2. The number of nitrogens with one attached hydrogen (secondary N) is 1. The maximum atomic E-state index is 13.4. The number of hydrogen-bond acceptors (Lipinski definition) is 4. The van der Waals surface area contributed by atoms with Gasteiger partial charge in [-0.1, -0.05) is 0 Å². The van der Waals surface area contributed by atoms with Crippen LogP contribution in [0.1, 0.15) is 28.8 Å². The number of ketones is 1. The first-order chi connectivity index (χ1) is 10.1. The second-order valence-corrected chi connectivity index (χ2v) is 5.55. The van der Waals surface area contributed by atoms with E-state index in [0.717, 1.165) is 12.1 Å². The Balaban J connectivity index is 1.88. The van der Waals surface area contributed by atoms with Gasteiger partial charge in [0.25, 0.3) is 0 Å². The number of benzene rings is 1. The first kappa shape index (κ1) is 14.1. The highest BCUT2D eigenvalue weighted by Gasteiger charge is 2.36. The Morgan fingerprint density at radius 2 is 1.86 bits per heavy atom. The Kier molecular flexibility index (Phi) is 3.70. The van der Waals surface area contributed by atoms with E-state index in [0.29, 0.717) is 26.1 Å². The number of ether oxygens (including phenoxy) is 1. The molecule has 110 valence electrons. The quantitative estimate of drug-likeness (QED) is 0.844. The number of nitriles is 1. The van der Waals surface area contributed by atoms with Gasteiger partial charge in [0, 0.05) is 23.6 Å². The zero-order valence-corrected chi connectivity index (χ0v) is 11.2. The van der Waals surface area contributed by atoms with E-state index in [9.17, 15) is 13.6 Å². The molecule has 0 aliphatic carbocycles. The summed E-state index contributed by atoms with van der Waals surface area (Å²) < 4.78 is 32.0. The Bertz CT molecular complexity index is 615. The molecule has 2 aliphatic rings. The first-order valence-electron chi connectivity index (χ1n) is 6.85. The number of hydrogen-bond donors (Lipinski definition) is 1. The maximum absolute atomic E-state index is 13.4. The fraction of sp³-hybridized carbons (Fsp3) is 0.467. The van der Waals surface area contributed by atoms with Gasteiger partial charge in [0.2, 0.25) is 0 Å². The fourth-order valence-electron chi connectivity index (χ4n) is 3.11. The molecule has 2 atom stereocenters. The standard InChI is InChI=1S/C15H14F2N2O2/c16-13-3-9(5-18)12(4-14(13)17)15(20)8-1-10-6-21-7-11(2-8)19-10/h3-4,8,10-11,19H,1-2,6-7H2. The molecule has 2 bridgehead atoms. The number of fused-ring (bicyclic) bond motifs is 2. The molecule has 2 aliphatic heterocycles. The summed E-state index contributed by atoms with van der Waals surface area (Å²) in [4.78, 5) is 12.6. The van der Waals surface area contributed by atoms with Gasteiger partial charge < -0.3 is 10.1 Å². The molecule has 6 heteroatoms. The maximum Gasteiger partial charge on any atom is 0.167 e. The predicted molar refractivity (Wildman–Crippen MR) is 69.7 cm³/mol. The van der Waals surface area contributed by atoms with E-state index in [1.165, 1.54) is 0 Å². The van der Waals surface area contributed by atoms with Crippen molar-refractivity contribution in [1.82, 2.24) is 5.32 Å². The number of carbonyl (C=O) groups is 1. The molecule has 0 radical (unpaired) electrons. The van der Waals surface area contributed by atoms with Crippen molar-refractivity contribution in [2.45, 2.75) is 24.9 Å². The van der Waals surface area contributed by atoms with Crippen molar-refractivity contribution < 1.29 is 18.3 Å². The lowest BCUT2D eigenvalue weighted by molar-refractivity contribution is 0.00951. The lowest BCUT2D eigenvalue weighted by atomic mass is 9.81. The van der Waals surface area contributed by atoms with Crippen LogP contribution < -0.4 is 5.32 Å². The van der Waals surface area contributed by atoms with Gasteiger partial charge in [0.05, 0.1) is 24.8 Å². The largest absolute Gasteiger partial charge is 0.378 e. The summed E-state index contributed by atoms with van der Waals surface area (Å²) in [5, 5.41) is 12.4. The number of rotatable bonds is 2. The molecule has 1 aromatic rings. The summed E-state index contributed by atoms with van der Waals surface area (Å²) in [5.41, 5.74) is -0.138. The third kappa shape index (κ3) is 2.67. The highest BCUT2D eigenvalue weighted by atomic mass is 19.2. The summed E-state index contributed by atoms with van der Waals surface area (Å²) in [6, 6.07) is 3.59. The van der Waals surface area contributed by atoms with E-state index in [1.807, 2.05) is 0 Å². The summed E-state index contributed by atoms with van der Waals surface area (Å²) >= 11 is 0. The van der Waals surface area contributed by atoms with Crippen molar-refractivity contribution in [3.8, 4) is 6.07 Å². The monoisotopic (exact) mass is 292 g/mol.